The zero-order chi connectivity index (χ0) is 12.1. The average Bonchev–Trinajstić information content (AvgIpc) is 2.21. The molecular formula is C11H11FO4. The fourth-order valence-electron chi connectivity index (χ4n) is 1.26. The van der Waals surface area contributed by atoms with Crippen LogP contribution in [0.3, 0.4) is 0 Å². The number of carbonyl (C=O) groups excluding carboxylic acids is 1. The number of carboxylic acid groups (broad SMARTS) is 1. The number of carboxylic acids is 1. The predicted octanol–water partition coefficient (Wildman–Crippen LogP) is 1.56. The molecular weight excluding hydrogens is 215 g/mol. The molecule has 5 heteroatoms. The van der Waals surface area contributed by atoms with Crippen LogP contribution in [0.4, 0.5) is 4.39 Å². The number of carbonyl (C=O) groups is 2. The molecule has 1 aromatic rings. The average molecular weight is 226 g/mol. The van der Waals surface area contributed by atoms with Crippen molar-refractivity contribution in [2.24, 2.45) is 0 Å². The summed E-state index contributed by atoms with van der Waals surface area (Å²) in [6.07, 6.45) is 0. The van der Waals surface area contributed by atoms with Gasteiger partial charge in [0.25, 0.3) is 0 Å². The first-order chi connectivity index (χ1) is 7.56. The van der Waals surface area contributed by atoms with Crippen molar-refractivity contribution >= 4 is 11.9 Å². The molecule has 16 heavy (non-hydrogen) atoms. The Hall–Kier alpha value is -1.91. The lowest BCUT2D eigenvalue weighted by Gasteiger charge is -2.11. The van der Waals surface area contributed by atoms with Gasteiger partial charge in [0.2, 0.25) is 0 Å². The van der Waals surface area contributed by atoms with Crippen molar-refractivity contribution < 1.29 is 23.8 Å². The third-order valence-corrected chi connectivity index (χ3v) is 1.97. The van der Waals surface area contributed by atoms with E-state index in [0.717, 1.165) is 12.1 Å². The molecule has 0 spiro atoms. The summed E-state index contributed by atoms with van der Waals surface area (Å²) in [4.78, 5) is 22.3. The first-order valence-electron chi connectivity index (χ1n) is 4.71. The summed E-state index contributed by atoms with van der Waals surface area (Å²) in [5, 5.41) is 8.90. The Morgan fingerprint density at radius 3 is 2.38 bits per heavy atom. The van der Waals surface area contributed by atoms with Crippen molar-refractivity contribution in [2.45, 2.75) is 12.8 Å². The highest BCUT2D eigenvalue weighted by atomic mass is 19.1. The molecule has 0 aliphatic heterocycles. The Labute approximate surface area is 91.7 Å². The largest absolute Gasteiger partial charge is 0.480 e. The third kappa shape index (κ3) is 2.79. The molecule has 0 heterocycles. The molecule has 0 aliphatic rings. The van der Waals surface area contributed by atoms with Crippen LogP contribution in [-0.4, -0.2) is 23.7 Å². The SMILES string of the molecule is CCOC(=O)C(C(=O)O)c1ccc(F)cc1. The van der Waals surface area contributed by atoms with E-state index >= 15 is 0 Å². The zero-order valence-electron chi connectivity index (χ0n) is 8.64. The monoisotopic (exact) mass is 226 g/mol. The number of esters is 1. The Kier molecular flexibility index (Phi) is 3.99. The van der Waals surface area contributed by atoms with Crippen molar-refractivity contribution in [3.8, 4) is 0 Å². The van der Waals surface area contributed by atoms with E-state index in [1.165, 1.54) is 12.1 Å². The van der Waals surface area contributed by atoms with E-state index in [1.807, 2.05) is 0 Å². The Balaban J connectivity index is 2.98. The van der Waals surface area contributed by atoms with Crippen LogP contribution in [-0.2, 0) is 14.3 Å². The standard InChI is InChI=1S/C11H11FO4/c1-2-16-11(15)9(10(13)14)7-3-5-8(12)6-4-7/h3-6,9H,2H2,1H3,(H,13,14). The summed E-state index contributed by atoms with van der Waals surface area (Å²) in [5.41, 5.74) is 0.201. The molecule has 4 nitrogen and oxygen atoms in total. The number of hydrogen-bond donors (Lipinski definition) is 1. The molecule has 0 aromatic heterocycles. The lowest BCUT2D eigenvalue weighted by atomic mass is 9.99. The van der Waals surface area contributed by atoms with Crippen molar-refractivity contribution in [1.82, 2.24) is 0 Å². The van der Waals surface area contributed by atoms with Crippen LogP contribution < -0.4 is 0 Å². The van der Waals surface area contributed by atoms with Gasteiger partial charge in [0.1, 0.15) is 5.82 Å². The minimum Gasteiger partial charge on any atom is -0.480 e. The summed E-state index contributed by atoms with van der Waals surface area (Å²) in [5.74, 6) is -4.05. The van der Waals surface area contributed by atoms with Gasteiger partial charge in [-0.3, -0.25) is 9.59 Å². The maximum atomic E-state index is 12.6. The van der Waals surface area contributed by atoms with Gasteiger partial charge >= 0.3 is 11.9 Å². The van der Waals surface area contributed by atoms with Gasteiger partial charge in [-0.25, -0.2) is 4.39 Å². The molecule has 0 saturated heterocycles. The fourth-order valence-corrected chi connectivity index (χ4v) is 1.26. The maximum Gasteiger partial charge on any atom is 0.324 e. The number of aliphatic carboxylic acids is 1. The summed E-state index contributed by atoms with van der Waals surface area (Å²) >= 11 is 0. The molecule has 1 atom stereocenters. The highest BCUT2D eigenvalue weighted by Crippen LogP contribution is 2.18. The van der Waals surface area contributed by atoms with E-state index in [4.69, 9.17) is 5.11 Å². The first kappa shape index (κ1) is 12.2. The van der Waals surface area contributed by atoms with Crippen LogP contribution in [0.1, 0.15) is 18.4 Å². The van der Waals surface area contributed by atoms with E-state index in [-0.39, 0.29) is 12.2 Å². The van der Waals surface area contributed by atoms with E-state index in [2.05, 4.69) is 4.74 Å². The molecule has 1 unspecified atom stereocenters. The summed E-state index contributed by atoms with van der Waals surface area (Å²) in [6.45, 7) is 1.69. The normalized spacial score (nSPS) is 11.9. The van der Waals surface area contributed by atoms with Gasteiger partial charge in [-0.05, 0) is 24.6 Å². The summed E-state index contributed by atoms with van der Waals surface area (Å²) in [6, 6.07) is 4.71. The van der Waals surface area contributed by atoms with Gasteiger partial charge in [-0.1, -0.05) is 12.1 Å². The number of rotatable bonds is 4. The summed E-state index contributed by atoms with van der Waals surface area (Å²) in [7, 11) is 0. The van der Waals surface area contributed by atoms with E-state index in [0.29, 0.717) is 0 Å². The van der Waals surface area contributed by atoms with Gasteiger partial charge in [0, 0.05) is 0 Å². The zero-order valence-corrected chi connectivity index (χ0v) is 8.64. The van der Waals surface area contributed by atoms with Crippen LogP contribution in [0.15, 0.2) is 24.3 Å². The van der Waals surface area contributed by atoms with Crippen LogP contribution in [0.2, 0.25) is 0 Å². The molecule has 0 aliphatic carbocycles. The molecule has 0 amide bonds. The Morgan fingerprint density at radius 2 is 1.94 bits per heavy atom. The minimum atomic E-state index is -1.40. The molecule has 0 bridgehead atoms. The van der Waals surface area contributed by atoms with E-state index < -0.39 is 23.7 Å². The second-order valence-electron chi connectivity index (χ2n) is 3.07. The highest BCUT2D eigenvalue weighted by molar-refractivity contribution is 5.99. The molecule has 0 radical (unpaired) electrons. The van der Waals surface area contributed by atoms with Crippen molar-refractivity contribution in [2.75, 3.05) is 6.61 Å². The summed E-state index contributed by atoms with van der Waals surface area (Å²) < 4.78 is 17.3. The highest BCUT2D eigenvalue weighted by Gasteiger charge is 2.29. The van der Waals surface area contributed by atoms with E-state index in [9.17, 15) is 14.0 Å². The van der Waals surface area contributed by atoms with E-state index in [1.54, 1.807) is 6.92 Å². The van der Waals surface area contributed by atoms with Crippen LogP contribution in [0, 0.1) is 5.82 Å². The topological polar surface area (TPSA) is 63.6 Å². The lowest BCUT2D eigenvalue weighted by Crippen LogP contribution is -2.23. The van der Waals surface area contributed by atoms with Gasteiger partial charge in [0.15, 0.2) is 5.92 Å². The second kappa shape index (κ2) is 5.25. The van der Waals surface area contributed by atoms with Crippen LogP contribution in [0.25, 0.3) is 0 Å². The van der Waals surface area contributed by atoms with Crippen molar-refractivity contribution in [3.63, 3.8) is 0 Å². The van der Waals surface area contributed by atoms with Gasteiger partial charge in [-0.2, -0.15) is 0 Å². The van der Waals surface area contributed by atoms with Gasteiger partial charge in [-0.15, -0.1) is 0 Å². The van der Waals surface area contributed by atoms with Gasteiger partial charge in [0.05, 0.1) is 6.61 Å². The van der Waals surface area contributed by atoms with Crippen molar-refractivity contribution in [1.29, 1.82) is 0 Å². The second-order valence-corrected chi connectivity index (χ2v) is 3.07. The first-order valence-corrected chi connectivity index (χ1v) is 4.71. The molecule has 1 rings (SSSR count). The smallest absolute Gasteiger partial charge is 0.324 e. The lowest BCUT2D eigenvalue weighted by molar-refractivity contribution is -0.153. The van der Waals surface area contributed by atoms with Crippen LogP contribution in [0.5, 0.6) is 0 Å². The van der Waals surface area contributed by atoms with Crippen molar-refractivity contribution in [3.05, 3.63) is 35.6 Å². The van der Waals surface area contributed by atoms with Crippen LogP contribution >= 0.6 is 0 Å². The Morgan fingerprint density at radius 1 is 1.38 bits per heavy atom. The molecule has 1 N–H and O–H groups in total. The number of benzene rings is 1. The Bertz CT molecular complexity index is 385. The minimum absolute atomic E-state index is 0.101. The maximum absolute atomic E-state index is 12.6. The molecule has 0 saturated carbocycles. The molecule has 86 valence electrons. The quantitative estimate of drug-likeness (QED) is 0.625. The number of halogens is 1. The predicted molar refractivity (Wildman–Crippen MR) is 53.4 cm³/mol. The van der Waals surface area contributed by atoms with Gasteiger partial charge < -0.3 is 9.84 Å². The number of ether oxygens (including phenoxy) is 1. The number of hydrogen-bond acceptors (Lipinski definition) is 3. The third-order valence-electron chi connectivity index (χ3n) is 1.97. The molecule has 0 fully saturated rings. The fraction of sp³-hybridized carbons (Fsp3) is 0.273. The molecule has 1 aromatic carbocycles.